The quantitative estimate of drug-likeness (QED) is 0.494. The van der Waals surface area contributed by atoms with E-state index in [0.29, 0.717) is 29.0 Å². The summed E-state index contributed by atoms with van der Waals surface area (Å²) in [6.45, 7) is 2.47. The number of aryl methyl sites for hydroxylation is 1. The highest BCUT2D eigenvalue weighted by molar-refractivity contribution is 7.17. The van der Waals surface area contributed by atoms with Crippen molar-refractivity contribution < 1.29 is 4.79 Å². The molecule has 1 amide bonds. The molecule has 4 heterocycles. The molecule has 0 aliphatic carbocycles. The normalized spacial score (nSPS) is 11.3. The standard InChI is InChI=1S/C20H20N6O4S/c1-4-6-26(10-14-22-13-5-7-31-15(13)17(27)23-14)18(28)11-8-12-16(21-9-11)24(2)20(30)25(3)19(12)29/h5,7-9H,4,6,10H2,1-3H3,(H,22,23,27). The van der Waals surface area contributed by atoms with Crippen LogP contribution >= 0.6 is 11.3 Å². The molecule has 0 unspecified atom stereocenters. The lowest BCUT2D eigenvalue weighted by Gasteiger charge is -2.21. The highest BCUT2D eigenvalue weighted by Gasteiger charge is 2.20. The zero-order valence-corrected chi connectivity index (χ0v) is 18.0. The number of nitrogens with one attached hydrogen (secondary N) is 1. The Bertz CT molecular complexity index is 1500. The maximum atomic E-state index is 13.2. The van der Waals surface area contributed by atoms with Gasteiger partial charge in [-0.1, -0.05) is 6.92 Å². The summed E-state index contributed by atoms with van der Waals surface area (Å²) in [4.78, 5) is 63.0. The van der Waals surface area contributed by atoms with Crippen molar-refractivity contribution in [3.8, 4) is 0 Å². The fourth-order valence-corrected chi connectivity index (χ4v) is 4.19. The summed E-state index contributed by atoms with van der Waals surface area (Å²) in [5, 5.41) is 1.97. The van der Waals surface area contributed by atoms with E-state index in [4.69, 9.17) is 0 Å². The number of amides is 1. The molecule has 0 aliphatic rings. The molecule has 4 rings (SSSR count). The molecule has 0 saturated heterocycles. The number of rotatable bonds is 5. The van der Waals surface area contributed by atoms with Crippen molar-refractivity contribution in [2.45, 2.75) is 19.9 Å². The Balaban J connectivity index is 1.74. The molecule has 0 fully saturated rings. The second-order valence-corrected chi connectivity index (χ2v) is 8.09. The van der Waals surface area contributed by atoms with E-state index < -0.39 is 11.2 Å². The van der Waals surface area contributed by atoms with Crippen LogP contribution in [0.25, 0.3) is 21.3 Å². The summed E-state index contributed by atoms with van der Waals surface area (Å²) in [5.41, 5.74) is -0.233. The highest BCUT2D eigenvalue weighted by Crippen LogP contribution is 2.16. The summed E-state index contributed by atoms with van der Waals surface area (Å²) < 4.78 is 2.78. The number of hydrogen-bond donors (Lipinski definition) is 1. The third kappa shape index (κ3) is 3.56. The van der Waals surface area contributed by atoms with E-state index in [9.17, 15) is 19.2 Å². The van der Waals surface area contributed by atoms with Gasteiger partial charge in [-0.3, -0.25) is 23.5 Å². The van der Waals surface area contributed by atoms with Crippen molar-refractivity contribution in [1.82, 2.24) is 29.0 Å². The first-order chi connectivity index (χ1) is 14.8. The van der Waals surface area contributed by atoms with Crippen LogP contribution in [-0.2, 0) is 20.6 Å². The van der Waals surface area contributed by atoms with Gasteiger partial charge in [0.25, 0.3) is 17.0 Å². The van der Waals surface area contributed by atoms with Gasteiger partial charge in [0.1, 0.15) is 16.2 Å². The molecule has 10 nitrogen and oxygen atoms in total. The van der Waals surface area contributed by atoms with Crippen molar-refractivity contribution >= 4 is 38.5 Å². The first-order valence-electron chi connectivity index (χ1n) is 9.63. The van der Waals surface area contributed by atoms with E-state index in [1.807, 2.05) is 6.92 Å². The van der Waals surface area contributed by atoms with Crippen LogP contribution in [0.2, 0.25) is 0 Å². The zero-order valence-electron chi connectivity index (χ0n) is 17.2. The van der Waals surface area contributed by atoms with Gasteiger partial charge in [-0.05, 0) is 23.9 Å². The molecule has 0 atom stereocenters. The fourth-order valence-electron chi connectivity index (χ4n) is 3.46. The average molecular weight is 440 g/mol. The number of fused-ring (bicyclic) bond motifs is 2. The number of thiophene rings is 1. The molecular weight excluding hydrogens is 420 g/mol. The number of carbonyl (C=O) groups is 1. The van der Waals surface area contributed by atoms with E-state index in [1.54, 1.807) is 16.3 Å². The van der Waals surface area contributed by atoms with Crippen LogP contribution in [-0.4, -0.2) is 41.4 Å². The number of aromatic nitrogens is 5. The smallest absolute Gasteiger partial charge is 0.331 e. The molecule has 0 aliphatic heterocycles. The largest absolute Gasteiger partial charge is 0.332 e. The van der Waals surface area contributed by atoms with Gasteiger partial charge >= 0.3 is 5.69 Å². The van der Waals surface area contributed by atoms with Gasteiger partial charge in [-0.25, -0.2) is 14.8 Å². The van der Waals surface area contributed by atoms with Gasteiger partial charge in [0, 0.05) is 26.8 Å². The van der Waals surface area contributed by atoms with Crippen molar-refractivity contribution in [2.24, 2.45) is 14.1 Å². The number of aromatic amines is 1. The van der Waals surface area contributed by atoms with Crippen molar-refractivity contribution in [3.63, 3.8) is 0 Å². The third-order valence-corrected chi connectivity index (χ3v) is 5.93. The molecule has 0 saturated carbocycles. The molecule has 0 spiro atoms. The molecule has 160 valence electrons. The van der Waals surface area contributed by atoms with E-state index in [1.165, 1.54) is 42.3 Å². The molecule has 0 bridgehead atoms. The van der Waals surface area contributed by atoms with Crippen LogP contribution in [0.5, 0.6) is 0 Å². The molecule has 0 radical (unpaired) electrons. The Morgan fingerprint density at radius 1 is 1.23 bits per heavy atom. The highest BCUT2D eigenvalue weighted by atomic mass is 32.1. The minimum atomic E-state index is -0.517. The summed E-state index contributed by atoms with van der Waals surface area (Å²) in [6.07, 6.45) is 2.04. The predicted molar refractivity (Wildman–Crippen MR) is 117 cm³/mol. The van der Waals surface area contributed by atoms with E-state index in [0.717, 1.165) is 4.57 Å². The number of H-pyrrole nitrogens is 1. The van der Waals surface area contributed by atoms with Gasteiger partial charge in [-0.15, -0.1) is 11.3 Å². The van der Waals surface area contributed by atoms with Crippen molar-refractivity contribution in [1.29, 1.82) is 0 Å². The average Bonchev–Trinajstić information content (AvgIpc) is 3.24. The van der Waals surface area contributed by atoms with Gasteiger partial charge in [0.2, 0.25) is 0 Å². The molecular formula is C20H20N6O4S. The lowest BCUT2D eigenvalue weighted by molar-refractivity contribution is 0.0738. The predicted octanol–water partition coefficient (Wildman–Crippen LogP) is 0.983. The van der Waals surface area contributed by atoms with Crippen LogP contribution in [0.1, 0.15) is 29.5 Å². The van der Waals surface area contributed by atoms with Gasteiger partial charge in [0.15, 0.2) is 0 Å². The van der Waals surface area contributed by atoms with Crippen LogP contribution in [0.15, 0.2) is 38.1 Å². The Labute approximate surface area is 179 Å². The van der Waals surface area contributed by atoms with Crippen LogP contribution in [0.3, 0.4) is 0 Å². The summed E-state index contributed by atoms with van der Waals surface area (Å²) in [6, 6.07) is 3.21. The van der Waals surface area contributed by atoms with Crippen LogP contribution in [0, 0.1) is 0 Å². The first kappa shape index (κ1) is 20.7. The number of nitrogens with zero attached hydrogens (tertiary/aromatic N) is 5. The molecule has 11 heteroatoms. The number of hydrogen-bond acceptors (Lipinski definition) is 7. The van der Waals surface area contributed by atoms with E-state index in [2.05, 4.69) is 15.0 Å². The minimum absolute atomic E-state index is 0.108. The Kier molecular flexibility index (Phi) is 5.27. The van der Waals surface area contributed by atoms with Crippen molar-refractivity contribution in [3.05, 3.63) is 66.3 Å². The van der Waals surface area contributed by atoms with Gasteiger partial charge in [0.05, 0.1) is 23.0 Å². The SMILES string of the molecule is CCCN(Cc1nc2ccsc2c(=O)[nH]1)C(=O)c1cnc2c(c1)c(=O)n(C)c(=O)n2C. The molecule has 1 N–H and O–H groups in total. The van der Waals surface area contributed by atoms with Crippen molar-refractivity contribution in [2.75, 3.05) is 6.54 Å². The summed E-state index contributed by atoms with van der Waals surface area (Å²) >= 11 is 1.31. The number of pyridine rings is 1. The fraction of sp³-hybridized carbons (Fsp3) is 0.300. The van der Waals surface area contributed by atoms with Crippen LogP contribution < -0.4 is 16.8 Å². The second-order valence-electron chi connectivity index (χ2n) is 7.18. The van der Waals surface area contributed by atoms with Crippen LogP contribution in [0.4, 0.5) is 0 Å². The molecule has 31 heavy (non-hydrogen) atoms. The maximum absolute atomic E-state index is 13.2. The molecule has 4 aromatic rings. The van der Waals surface area contributed by atoms with Gasteiger partial charge < -0.3 is 9.88 Å². The molecule has 0 aromatic carbocycles. The third-order valence-electron chi connectivity index (χ3n) is 5.03. The Morgan fingerprint density at radius 3 is 2.74 bits per heavy atom. The Hall–Kier alpha value is -3.60. The number of carbonyl (C=O) groups excluding carboxylic acids is 1. The maximum Gasteiger partial charge on any atom is 0.332 e. The minimum Gasteiger partial charge on any atom is -0.331 e. The monoisotopic (exact) mass is 440 g/mol. The second kappa shape index (κ2) is 7.91. The summed E-state index contributed by atoms with van der Waals surface area (Å²) in [7, 11) is 2.90. The van der Waals surface area contributed by atoms with E-state index in [-0.39, 0.29) is 34.6 Å². The first-order valence-corrected chi connectivity index (χ1v) is 10.5. The lowest BCUT2D eigenvalue weighted by atomic mass is 10.2. The topological polar surface area (TPSA) is 123 Å². The molecule has 4 aromatic heterocycles. The summed E-state index contributed by atoms with van der Waals surface area (Å²) in [5.74, 6) is 0.0324. The zero-order chi connectivity index (χ0) is 22.3. The van der Waals surface area contributed by atoms with E-state index >= 15 is 0 Å². The lowest BCUT2D eigenvalue weighted by Crippen LogP contribution is -2.37. The van der Waals surface area contributed by atoms with Gasteiger partial charge in [-0.2, -0.15) is 0 Å². The Morgan fingerprint density at radius 2 is 2.00 bits per heavy atom.